The van der Waals surface area contributed by atoms with E-state index in [0.29, 0.717) is 11.3 Å². The van der Waals surface area contributed by atoms with Crippen molar-refractivity contribution in [2.45, 2.75) is 77.7 Å². The van der Waals surface area contributed by atoms with Gasteiger partial charge in [-0.15, -0.1) is 0 Å². The van der Waals surface area contributed by atoms with Gasteiger partial charge in [0.1, 0.15) is 5.60 Å². The summed E-state index contributed by atoms with van der Waals surface area (Å²) in [4.78, 5) is 14.2. The van der Waals surface area contributed by atoms with Gasteiger partial charge in [-0.05, 0) is 101 Å². The van der Waals surface area contributed by atoms with Gasteiger partial charge >= 0.3 is 6.09 Å². The van der Waals surface area contributed by atoms with E-state index in [9.17, 15) is 4.79 Å². The quantitative estimate of drug-likeness (QED) is 0.697. The maximum Gasteiger partial charge on any atom is 0.410 e. The number of ether oxygens (including phenoxy) is 1. The molecule has 1 saturated carbocycles. The van der Waals surface area contributed by atoms with E-state index < -0.39 is 5.60 Å². The average Bonchev–Trinajstić information content (AvgIpc) is 2.55. The van der Waals surface area contributed by atoms with Crippen LogP contribution in [0.4, 0.5) is 10.5 Å². The predicted octanol–water partition coefficient (Wildman–Crippen LogP) is 5.25. The van der Waals surface area contributed by atoms with E-state index >= 15 is 0 Å². The summed E-state index contributed by atoms with van der Waals surface area (Å²) in [5.41, 5.74) is 9.57. The Morgan fingerprint density at radius 2 is 1.77 bits per heavy atom. The number of hydrogen-bond acceptors (Lipinski definition) is 3. The number of amides is 1. The molecule has 4 heteroatoms. The fourth-order valence-corrected chi connectivity index (χ4v) is 4.69. The fraction of sp³-hybridized carbons (Fsp3) is 0.682. The van der Waals surface area contributed by atoms with Crippen molar-refractivity contribution in [2.75, 3.05) is 18.8 Å². The molecule has 2 N–H and O–H groups in total. The molecule has 1 aromatic carbocycles. The zero-order valence-corrected chi connectivity index (χ0v) is 16.8. The maximum atomic E-state index is 12.3. The van der Waals surface area contributed by atoms with E-state index in [4.69, 9.17) is 10.5 Å². The van der Waals surface area contributed by atoms with Crippen LogP contribution >= 0.6 is 0 Å². The molecule has 1 aliphatic heterocycles. The molecule has 0 atom stereocenters. The summed E-state index contributed by atoms with van der Waals surface area (Å²) >= 11 is 0. The van der Waals surface area contributed by atoms with Gasteiger partial charge in [-0.3, -0.25) is 0 Å². The first-order valence-electron chi connectivity index (χ1n) is 10.0. The third kappa shape index (κ3) is 4.33. The van der Waals surface area contributed by atoms with Gasteiger partial charge in [-0.2, -0.15) is 0 Å². The molecule has 0 bridgehead atoms. The third-order valence-electron chi connectivity index (χ3n) is 6.26. The Balaban J connectivity index is 1.54. The maximum absolute atomic E-state index is 12.3. The van der Waals surface area contributed by atoms with Crippen LogP contribution < -0.4 is 5.73 Å². The largest absolute Gasteiger partial charge is 0.444 e. The number of likely N-dealkylation sites (tertiary alicyclic amines) is 1. The van der Waals surface area contributed by atoms with Gasteiger partial charge in [-0.25, -0.2) is 4.79 Å². The number of aryl methyl sites for hydroxylation is 1. The topological polar surface area (TPSA) is 55.6 Å². The van der Waals surface area contributed by atoms with Crippen LogP contribution in [-0.2, 0) is 4.74 Å². The molecule has 1 amide bonds. The van der Waals surface area contributed by atoms with Crippen molar-refractivity contribution in [3.8, 4) is 0 Å². The van der Waals surface area contributed by atoms with Crippen LogP contribution in [0.3, 0.4) is 0 Å². The summed E-state index contributed by atoms with van der Waals surface area (Å²) in [7, 11) is 0. The van der Waals surface area contributed by atoms with Gasteiger partial charge in [0.25, 0.3) is 0 Å². The Kier molecular flexibility index (Phi) is 5.23. The van der Waals surface area contributed by atoms with Gasteiger partial charge < -0.3 is 15.4 Å². The number of nitrogens with two attached hydrogens (primary N) is 1. The van der Waals surface area contributed by atoms with Crippen molar-refractivity contribution in [3.05, 3.63) is 29.3 Å². The lowest BCUT2D eigenvalue weighted by Gasteiger charge is -2.46. The van der Waals surface area contributed by atoms with E-state index in [1.165, 1.54) is 36.8 Å². The first-order chi connectivity index (χ1) is 12.2. The monoisotopic (exact) mass is 358 g/mol. The number of anilines is 1. The Labute approximate surface area is 158 Å². The average molecular weight is 359 g/mol. The Morgan fingerprint density at radius 1 is 1.15 bits per heavy atom. The third-order valence-corrected chi connectivity index (χ3v) is 6.26. The Morgan fingerprint density at radius 3 is 2.31 bits per heavy atom. The molecule has 4 nitrogen and oxygen atoms in total. The van der Waals surface area contributed by atoms with Crippen molar-refractivity contribution in [2.24, 2.45) is 5.41 Å². The minimum Gasteiger partial charge on any atom is -0.444 e. The van der Waals surface area contributed by atoms with Crippen molar-refractivity contribution in [1.29, 1.82) is 0 Å². The van der Waals surface area contributed by atoms with Crippen molar-refractivity contribution in [3.63, 3.8) is 0 Å². The summed E-state index contributed by atoms with van der Waals surface area (Å²) in [5.74, 6) is 0.658. The number of nitrogen functional groups attached to an aromatic ring is 1. The first-order valence-corrected chi connectivity index (χ1v) is 10.0. The van der Waals surface area contributed by atoms with Gasteiger partial charge in [-0.1, -0.05) is 6.07 Å². The zero-order valence-electron chi connectivity index (χ0n) is 16.8. The van der Waals surface area contributed by atoms with Crippen LogP contribution in [-0.4, -0.2) is 29.7 Å². The van der Waals surface area contributed by atoms with Crippen LogP contribution in [0.15, 0.2) is 18.2 Å². The molecular formula is C22H34N2O2. The summed E-state index contributed by atoms with van der Waals surface area (Å²) in [6.45, 7) is 9.63. The van der Waals surface area contributed by atoms with Crippen LogP contribution in [0, 0.1) is 12.3 Å². The fourth-order valence-electron chi connectivity index (χ4n) is 4.69. The molecular weight excluding hydrogens is 324 g/mol. The number of piperidine rings is 1. The summed E-state index contributed by atoms with van der Waals surface area (Å²) in [6.07, 6.45) is 7.10. The molecule has 1 aliphatic carbocycles. The van der Waals surface area contributed by atoms with Gasteiger partial charge in [0, 0.05) is 18.8 Å². The molecule has 0 aromatic heterocycles. The SMILES string of the molecule is Cc1cc(N)ccc1C1CCC2(CC1)CCN(C(=O)OC(C)(C)C)CC2. The molecule has 1 saturated heterocycles. The highest BCUT2D eigenvalue weighted by molar-refractivity contribution is 5.68. The summed E-state index contributed by atoms with van der Waals surface area (Å²) in [5, 5.41) is 0. The molecule has 1 spiro atoms. The van der Waals surface area contributed by atoms with Gasteiger partial charge in [0.05, 0.1) is 0 Å². The Bertz CT molecular complexity index is 645. The van der Waals surface area contributed by atoms with Crippen LogP contribution in [0.5, 0.6) is 0 Å². The standard InChI is InChI=1S/C22H34N2O2/c1-16-15-18(23)5-6-19(16)17-7-9-22(10-8-17)11-13-24(14-12-22)20(25)26-21(2,3)4/h5-6,15,17H,7-14,23H2,1-4H3. The highest BCUT2D eigenvalue weighted by Gasteiger charge is 2.40. The molecule has 2 fully saturated rings. The molecule has 2 aliphatic rings. The number of nitrogens with zero attached hydrogens (tertiary/aromatic N) is 1. The van der Waals surface area contributed by atoms with Crippen LogP contribution in [0.25, 0.3) is 0 Å². The molecule has 0 unspecified atom stereocenters. The second-order valence-corrected chi connectivity index (χ2v) is 9.36. The molecule has 1 aromatic rings. The van der Waals surface area contributed by atoms with Crippen molar-refractivity contribution < 1.29 is 9.53 Å². The molecule has 26 heavy (non-hydrogen) atoms. The van der Waals surface area contributed by atoms with Crippen LogP contribution in [0.1, 0.15) is 76.3 Å². The van der Waals surface area contributed by atoms with E-state index in [0.717, 1.165) is 31.6 Å². The normalized spacial score (nSPS) is 21.0. The second-order valence-electron chi connectivity index (χ2n) is 9.36. The number of hydrogen-bond donors (Lipinski definition) is 1. The lowest BCUT2D eigenvalue weighted by molar-refractivity contribution is 0.00345. The van der Waals surface area contributed by atoms with E-state index in [-0.39, 0.29) is 6.09 Å². The smallest absolute Gasteiger partial charge is 0.410 e. The number of carbonyl (C=O) groups is 1. The number of benzene rings is 1. The van der Waals surface area contributed by atoms with Gasteiger partial charge in [0.2, 0.25) is 0 Å². The van der Waals surface area contributed by atoms with Crippen LogP contribution in [0.2, 0.25) is 0 Å². The van der Waals surface area contributed by atoms with E-state index in [1.54, 1.807) is 0 Å². The highest BCUT2D eigenvalue weighted by atomic mass is 16.6. The summed E-state index contributed by atoms with van der Waals surface area (Å²) in [6, 6.07) is 6.35. The van der Waals surface area contributed by atoms with E-state index in [2.05, 4.69) is 19.1 Å². The molecule has 1 heterocycles. The van der Waals surface area contributed by atoms with Crippen molar-refractivity contribution >= 4 is 11.8 Å². The minimum absolute atomic E-state index is 0.154. The zero-order chi connectivity index (χ0) is 18.9. The minimum atomic E-state index is -0.415. The molecule has 144 valence electrons. The first kappa shape index (κ1) is 19.1. The summed E-state index contributed by atoms with van der Waals surface area (Å²) < 4.78 is 5.53. The number of carbonyl (C=O) groups excluding carboxylic acids is 1. The Hall–Kier alpha value is -1.71. The molecule has 3 rings (SSSR count). The lowest BCUT2D eigenvalue weighted by atomic mass is 9.64. The molecule has 0 radical (unpaired) electrons. The predicted molar refractivity (Wildman–Crippen MR) is 106 cm³/mol. The highest BCUT2D eigenvalue weighted by Crippen LogP contribution is 2.49. The van der Waals surface area contributed by atoms with Crippen molar-refractivity contribution in [1.82, 2.24) is 4.90 Å². The van der Waals surface area contributed by atoms with E-state index in [1.807, 2.05) is 31.7 Å². The lowest BCUT2D eigenvalue weighted by Crippen LogP contribution is -2.46. The second kappa shape index (κ2) is 7.13. The van der Waals surface area contributed by atoms with Gasteiger partial charge in [0.15, 0.2) is 0 Å². The number of rotatable bonds is 1.